The minimum absolute atomic E-state index is 0.0111. The van der Waals surface area contributed by atoms with E-state index in [2.05, 4.69) is 0 Å². The van der Waals surface area contributed by atoms with E-state index in [9.17, 15) is 14.4 Å². The van der Waals surface area contributed by atoms with Gasteiger partial charge in [0, 0.05) is 5.02 Å². The van der Waals surface area contributed by atoms with E-state index in [-0.39, 0.29) is 17.5 Å². The van der Waals surface area contributed by atoms with Crippen LogP contribution in [0.15, 0.2) is 48.5 Å². The fourth-order valence-corrected chi connectivity index (χ4v) is 2.57. The Bertz CT molecular complexity index is 768. The Morgan fingerprint density at radius 3 is 2.13 bits per heavy atom. The molecular weight excluding hydrogens is 318 g/mol. The Labute approximate surface area is 137 Å². The van der Waals surface area contributed by atoms with E-state index in [1.165, 1.54) is 12.1 Å². The van der Waals surface area contributed by atoms with Crippen molar-refractivity contribution in [1.82, 2.24) is 5.06 Å². The molecule has 1 heterocycles. The van der Waals surface area contributed by atoms with E-state index in [4.69, 9.17) is 16.4 Å². The zero-order chi connectivity index (χ0) is 16.4. The molecular formula is C17H12ClNO4. The number of nitrogens with zero attached hydrogens (tertiary/aromatic N) is 1. The van der Waals surface area contributed by atoms with Gasteiger partial charge >= 0.3 is 5.97 Å². The predicted octanol–water partition coefficient (Wildman–Crippen LogP) is 3.03. The van der Waals surface area contributed by atoms with Crippen LogP contribution in [0.1, 0.15) is 32.7 Å². The molecule has 5 nitrogen and oxygen atoms in total. The van der Waals surface area contributed by atoms with Crippen LogP contribution in [0.3, 0.4) is 0 Å². The summed E-state index contributed by atoms with van der Waals surface area (Å²) < 4.78 is 0. The number of aryl methyl sites for hydroxylation is 1. The van der Waals surface area contributed by atoms with Crippen molar-refractivity contribution in [2.24, 2.45) is 0 Å². The van der Waals surface area contributed by atoms with Gasteiger partial charge in [-0.1, -0.05) is 47.0 Å². The molecule has 0 aromatic heterocycles. The Morgan fingerprint density at radius 2 is 1.52 bits per heavy atom. The van der Waals surface area contributed by atoms with Gasteiger partial charge in [0.1, 0.15) is 0 Å². The van der Waals surface area contributed by atoms with Gasteiger partial charge in [0.2, 0.25) is 0 Å². The molecule has 2 aromatic carbocycles. The Hall–Kier alpha value is -2.66. The Kier molecular flexibility index (Phi) is 4.12. The minimum Gasteiger partial charge on any atom is -0.330 e. The van der Waals surface area contributed by atoms with Crippen LogP contribution in [-0.2, 0) is 16.1 Å². The summed E-state index contributed by atoms with van der Waals surface area (Å²) in [6.07, 6.45) is 0.374. The van der Waals surface area contributed by atoms with Gasteiger partial charge in [-0.2, -0.15) is 0 Å². The molecule has 0 bridgehead atoms. The number of carbonyl (C=O) groups is 3. The summed E-state index contributed by atoms with van der Waals surface area (Å²) in [6.45, 7) is 0. The van der Waals surface area contributed by atoms with E-state index in [0.717, 1.165) is 5.56 Å². The first-order valence-electron chi connectivity index (χ1n) is 7.00. The summed E-state index contributed by atoms with van der Waals surface area (Å²) in [5.74, 6) is -1.92. The maximum Gasteiger partial charge on any atom is 0.333 e. The molecule has 0 aliphatic carbocycles. The molecule has 0 fully saturated rings. The highest BCUT2D eigenvalue weighted by atomic mass is 35.5. The minimum atomic E-state index is -0.667. The summed E-state index contributed by atoms with van der Waals surface area (Å²) in [7, 11) is 0. The van der Waals surface area contributed by atoms with Crippen LogP contribution in [0.4, 0.5) is 0 Å². The van der Waals surface area contributed by atoms with Crippen LogP contribution in [-0.4, -0.2) is 22.8 Å². The number of hydroxylamine groups is 2. The molecule has 1 aliphatic heterocycles. The van der Waals surface area contributed by atoms with Crippen molar-refractivity contribution in [1.29, 1.82) is 0 Å². The molecule has 23 heavy (non-hydrogen) atoms. The third-order valence-electron chi connectivity index (χ3n) is 3.51. The molecule has 0 saturated carbocycles. The average molecular weight is 330 g/mol. The van der Waals surface area contributed by atoms with E-state index >= 15 is 0 Å². The number of benzene rings is 2. The number of carbonyl (C=O) groups excluding carboxylic acids is 3. The van der Waals surface area contributed by atoms with E-state index < -0.39 is 17.8 Å². The second kappa shape index (κ2) is 6.22. The van der Waals surface area contributed by atoms with Gasteiger partial charge in [0.15, 0.2) is 0 Å². The van der Waals surface area contributed by atoms with Crippen molar-refractivity contribution >= 4 is 29.4 Å². The van der Waals surface area contributed by atoms with Gasteiger partial charge in [0.25, 0.3) is 11.8 Å². The molecule has 0 radical (unpaired) electrons. The highest BCUT2D eigenvalue weighted by molar-refractivity contribution is 6.31. The highest BCUT2D eigenvalue weighted by Gasteiger charge is 2.38. The summed E-state index contributed by atoms with van der Waals surface area (Å²) in [5.41, 5.74) is 1.27. The second-order valence-electron chi connectivity index (χ2n) is 5.00. The van der Waals surface area contributed by atoms with E-state index in [1.807, 2.05) is 6.07 Å². The van der Waals surface area contributed by atoms with Gasteiger partial charge in [-0.3, -0.25) is 9.59 Å². The van der Waals surface area contributed by atoms with Gasteiger partial charge in [-0.25, -0.2) is 4.79 Å². The van der Waals surface area contributed by atoms with Crippen LogP contribution in [0.5, 0.6) is 0 Å². The van der Waals surface area contributed by atoms with Gasteiger partial charge in [0.05, 0.1) is 17.5 Å². The first-order valence-corrected chi connectivity index (χ1v) is 7.38. The third-order valence-corrected chi connectivity index (χ3v) is 3.87. The first-order chi connectivity index (χ1) is 11.1. The molecule has 3 rings (SSSR count). The van der Waals surface area contributed by atoms with Crippen LogP contribution in [0.25, 0.3) is 0 Å². The summed E-state index contributed by atoms with van der Waals surface area (Å²) in [4.78, 5) is 41.0. The predicted molar refractivity (Wildman–Crippen MR) is 82.8 cm³/mol. The Morgan fingerprint density at radius 1 is 0.957 bits per heavy atom. The van der Waals surface area contributed by atoms with Crippen molar-refractivity contribution < 1.29 is 19.2 Å². The number of hydrogen-bond donors (Lipinski definition) is 0. The molecule has 2 aromatic rings. The van der Waals surface area contributed by atoms with Crippen LogP contribution in [0.2, 0.25) is 5.02 Å². The lowest BCUT2D eigenvalue weighted by molar-refractivity contribution is -0.168. The molecule has 1 aliphatic rings. The number of hydrogen-bond acceptors (Lipinski definition) is 4. The number of imide groups is 1. The van der Waals surface area contributed by atoms with E-state index in [0.29, 0.717) is 16.5 Å². The number of halogens is 1. The van der Waals surface area contributed by atoms with Crippen molar-refractivity contribution in [3.05, 3.63) is 70.2 Å². The van der Waals surface area contributed by atoms with Crippen LogP contribution in [0, 0.1) is 0 Å². The van der Waals surface area contributed by atoms with Gasteiger partial charge in [-0.15, -0.1) is 0 Å². The lowest BCUT2D eigenvalue weighted by atomic mass is 10.1. The largest absolute Gasteiger partial charge is 0.333 e. The second-order valence-corrected chi connectivity index (χ2v) is 5.41. The molecule has 0 unspecified atom stereocenters. The lowest BCUT2D eigenvalue weighted by Crippen LogP contribution is -2.32. The maximum atomic E-state index is 12.1. The number of rotatable bonds is 4. The van der Waals surface area contributed by atoms with Gasteiger partial charge < -0.3 is 4.84 Å². The molecule has 0 saturated heterocycles. The van der Waals surface area contributed by atoms with Crippen molar-refractivity contribution in [3.63, 3.8) is 0 Å². The molecule has 0 N–H and O–H groups in total. The fraction of sp³-hybridized carbons (Fsp3) is 0.118. The van der Waals surface area contributed by atoms with Gasteiger partial charge in [-0.05, 0) is 30.2 Å². The number of amides is 2. The Balaban J connectivity index is 1.64. The molecule has 2 amide bonds. The number of fused-ring (bicyclic) bond motifs is 1. The molecule has 6 heteroatoms. The summed E-state index contributed by atoms with van der Waals surface area (Å²) >= 11 is 6.01. The summed E-state index contributed by atoms with van der Waals surface area (Å²) in [5, 5.41) is 1.07. The van der Waals surface area contributed by atoms with Crippen molar-refractivity contribution in [3.8, 4) is 0 Å². The third kappa shape index (κ3) is 2.96. The fourth-order valence-electron chi connectivity index (χ4n) is 2.34. The lowest BCUT2D eigenvalue weighted by Gasteiger charge is -2.12. The zero-order valence-electron chi connectivity index (χ0n) is 12.0. The average Bonchev–Trinajstić information content (AvgIpc) is 2.80. The first kappa shape index (κ1) is 15.2. The standard InChI is InChI=1S/C17H12ClNO4/c18-14-8-4-1-5-11(14)9-10-15(20)23-19-16(21)12-6-2-3-7-13(12)17(19)22/h1-8H,9-10H2. The molecule has 116 valence electrons. The van der Waals surface area contributed by atoms with Crippen LogP contribution < -0.4 is 0 Å². The van der Waals surface area contributed by atoms with Crippen molar-refractivity contribution in [2.75, 3.05) is 0 Å². The highest BCUT2D eigenvalue weighted by Crippen LogP contribution is 2.23. The quantitative estimate of drug-likeness (QED) is 0.809. The molecule has 0 atom stereocenters. The van der Waals surface area contributed by atoms with Crippen molar-refractivity contribution in [2.45, 2.75) is 12.8 Å². The van der Waals surface area contributed by atoms with Crippen LogP contribution >= 0.6 is 11.6 Å². The van der Waals surface area contributed by atoms with E-state index in [1.54, 1.807) is 30.3 Å². The molecule has 0 spiro atoms. The summed E-state index contributed by atoms with van der Waals surface area (Å²) in [6, 6.07) is 13.5. The smallest absolute Gasteiger partial charge is 0.330 e. The monoisotopic (exact) mass is 329 g/mol. The zero-order valence-corrected chi connectivity index (χ0v) is 12.7. The normalized spacial score (nSPS) is 13.2. The topological polar surface area (TPSA) is 63.7 Å². The maximum absolute atomic E-state index is 12.1. The SMILES string of the molecule is O=C(CCc1ccccc1Cl)ON1C(=O)c2ccccc2C1=O.